The Bertz CT molecular complexity index is 676. The summed E-state index contributed by atoms with van der Waals surface area (Å²) in [6.07, 6.45) is 4.69. The number of carbonyl (C=O) groups excluding carboxylic acids is 1. The monoisotopic (exact) mass is 356 g/mol. The van der Waals surface area contributed by atoms with E-state index < -0.39 is 0 Å². The fraction of sp³-hybridized carbons (Fsp3) is 0.500. The number of hydrogen-bond acceptors (Lipinski definition) is 4. The average molecular weight is 356 g/mol. The molecule has 1 unspecified atom stereocenters. The van der Waals surface area contributed by atoms with Gasteiger partial charge in [-0.1, -0.05) is 13.8 Å². The molecule has 1 aliphatic heterocycles. The third-order valence-corrected chi connectivity index (χ3v) is 4.70. The van der Waals surface area contributed by atoms with Gasteiger partial charge in [-0.15, -0.1) is 0 Å². The van der Waals surface area contributed by atoms with Gasteiger partial charge in [-0.05, 0) is 42.7 Å². The third-order valence-electron chi connectivity index (χ3n) is 4.70. The van der Waals surface area contributed by atoms with Crippen LogP contribution in [0.1, 0.15) is 30.6 Å². The molecule has 2 heterocycles. The first-order valence-electron chi connectivity index (χ1n) is 9.33. The number of nitrogens with one attached hydrogen (secondary N) is 1. The molecule has 0 radical (unpaired) electrons. The van der Waals surface area contributed by atoms with E-state index in [-0.39, 0.29) is 5.91 Å². The zero-order chi connectivity index (χ0) is 18.4. The molecule has 140 valence electrons. The Kier molecular flexibility index (Phi) is 6.41. The van der Waals surface area contributed by atoms with Gasteiger partial charge in [-0.2, -0.15) is 5.10 Å². The topological polar surface area (TPSA) is 59.4 Å². The largest absolute Gasteiger partial charge is 0.379 e. The summed E-state index contributed by atoms with van der Waals surface area (Å²) in [4.78, 5) is 15.0. The molecule has 0 bridgehead atoms. The summed E-state index contributed by atoms with van der Waals surface area (Å²) in [6.45, 7) is 8.54. The highest BCUT2D eigenvalue weighted by Crippen LogP contribution is 2.14. The van der Waals surface area contributed by atoms with Crippen molar-refractivity contribution in [2.75, 3.05) is 32.8 Å². The maximum atomic E-state index is 12.5. The van der Waals surface area contributed by atoms with Crippen LogP contribution in [0.15, 0.2) is 42.7 Å². The minimum absolute atomic E-state index is 0.0287. The predicted molar refractivity (Wildman–Crippen MR) is 102 cm³/mol. The van der Waals surface area contributed by atoms with Crippen LogP contribution in [0.3, 0.4) is 0 Å². The minimum atomic E-state index is -0.0287. The molecule has 3 rings (SSSR count). The SMILES string of the molecule is CC(C)CC(CNC(=O)c1ccc(-n2cccn2)cc1)N1CCOCC1. The Balaban J connectivity index is 1.58. The van der Waals surface area contributed by atoms with Crippen molar-refractivity contribution in [1.82, 2.24) is 20.0 Å². The second-order valence-electron chi connectivity index (χ2n) is 7.14. The van der Waals surface area contributed by atoms with Crippen LogP contribution in [0.25, 0.3) is 5.69 Å². The van der Waals surface area contributed by atoms with E-state index in [1.54, 1.807) is 10.9 Å². The average Bonchev–Trinajstić information content (AvgIpc) is 3.20. The molecule has 1 fully saturated rings. The van der Waals surface area contributed by atoms with Crippen LogP contribution in [-0.4, -0.2) is 59.5 Å². The van der Waals surface area contributed by atoms with Crippen molar-refractivity contribution in [3.8, 4) is 5.69 Å². The first-order chi connectivity index (χ1) is 12.6. The first-order valence-corrected chi connectivity index (χ1v) is 9.33. The van der Waals surface area contributed by atoms with E-state index in [4.69, 9.17) is 4.74 Å². The van der Waals surface area contributed by atoms with Crippen molar-refractivity contribution < 1.29 is 9.53 Å². The highest BCUT2D eigenvalue weighted by atomic mass is 16.5. The molecule has 1 saturated heterocycles. The van der Waals surface area contributed by atoms with E-state index in [0.29, 0.717) is 24.1 Å². The number of aromatic nitrogens is 2. The molecule has 6 heteroatoms. The Hall–Kier alpha value is -2.18. The highest BCUT2D eigenvalue weighted by molar-refractivity contribution is 5.94. The summed E-state index contributed by atoms with van der Waals surface area (Å²) in [6, 6.07) is 9.74. The number of ether oxygens (including phenoxy) is 1. The predicted octanol–water partition coefficient (Wildman–Crippen LogP) is 2.35. The number of carbonyl (C=O) groups is 1. The van der Waals surface area contributed by atoms with Crippen LogP contribution < -0.4 is 5.32 Å². The molecule has 26 heavy (non-hydrogen) atoms. The van der Waals surface area contributed by atoms with E-state index in [2.05, 4.69) is 29.2 Å². The molecular weight excluding hydrogens is 328 g/mol. The molecule has 1 amide bonds. The lowest BCUT2D eigenvalue weighted by molar-refractivity contribution is 0.0124. The Labute approximate surface area is 155 Å². The van der Waals surface area contributed by atoms with Crippen LogP contribution in [0.2, 0.25) is 0 Å². The first kappa shape index (κ1) is 18.6. The zero-order valence-corrected chi connectivity index (χ0v) is 15.6. The summed E-state index contributed by atoms with van der Waals surface area (Å²) in [5, 5.41) is 7.31. The second kappa shape index (κ2) is 8.96. The molecule has 2 aromatic rings. The maximum Gasteiger partial charge on any atom is 0.251 e. The standard InChI is InChI=1S/C20H28N4O2/c1-16(2)14-19(23-10-12-26-13-11-23)15-21-20(25)17-4-6-18(7-5-17)24-9-3-8-22-24/h3-9,16,19H,10-15H2,1-2H3,(H,21,25). The van der Waals surface area contributed by atoms with Gasteiger partial charge in [0.05, 0.1) is 18.9 Å². The molecule has 0 aliphatic carbocycles. The van der Waals surface area contributed by atoms with E-state index in [9.17, 15) is 4.79 Å². The number of nitrogens with zero attached hydrogens (tertiary/aromatic N) is 3. The van der Waals surface area contributed by atoms with E-state index >= 15 is 0 Å². The maximum absolute atomic E-state index is 12.5. The lowest BCUT2D eigenvalue weighted by atomic mass is 10.0. The van der Waals surface area contributed by atoms with Gasteiger partial charge in [0.1, 0.15) is 0 Å². The smallest absolute Gasteiger partial charge is 0.251 e. The van der Waals surface area contributed by atoms with Crippen LogP contribution >= 0.6 is 0 Å². The zero-order valence-electron chi connectivity index (χ0n) is 15.6. The molecule has 6 nitrogen and oxygen atoms in total. The molecule has 0 spiro atoms. The minimum Gasteiger partial charge on any atom is -0.379 e. The number of morpholine rings is 1. The summed E-state index contributed by atoms with van der Waals surface area (Å²) in [7, 11) is 0. The third kappa shape index (κ3) is 4.93. The van der Waals surface area contributed by atoms with Crippen LogP contribution in [0, 0.1) is 5.92 Å². The van der Waals surface area contributed by atoms with Crippen LogP contribution in [0.5, 0.6) is 0 Å². The van der Waals surface area contributed by atoms with E-state index in [1.807, 2.05) is 36.5 Å². The Morgan fingerprint density at radius 2 is 1.96 bits per heavy atom. The summed E-state index contributed by atoms with van der Waals surface area (Å²) in [5.74, 6) is 0.562. The van der Waals surface area contributed by atoms with Crippen molar-refractivity contribution in [3.63, 3.8) is 0 Å². The molecule has 1 aromatic heterocycles. The summed E-state index contributed by atoms with van der Waals surface area (Å²) < 4.78 is 7.23. The van der Waals surface area contributed by atoms with Crippen molar-refractivity contribution in [1.29, 1.82) is 0 Å². The lowest BCUT2D eigenvalue weighted by Crippen LogP contribution is -2.49. The molecule has 0 saturated carbocycles. The molecular formula is C20H28N4O2. The second-order valence-corrected chi connectivity index (χ2v) is 7.14. The van der Waals surface area contributed by atoms with Crippen molar-refractivity contribution in [3.05, 3.63) is 48.3 Å². The van der Waals surface area contributed by atoms with Gasteiger partial charge in [0.2, 0.25) is 0 Å². The lowest BCUT2D eigenvalue weighted by Gasteiger charge is -2.35. The van der Waals surface area contributed by atoms with Gasteiger partial charge in [0.25, 0.3) is 5.91 Å². The molecule has 1 atom stereocenters. The van der Waals surface area contributed by atoms with Crippen LogP contribution in [0.4, 0.5) is 0 Å². The normalized spacial score (nSPS) is 16.6. The van der Waals surface area contributed by atoms with Crippen molar-refractivity contribution in [2.24, 2.45) is 5.92 Å². The fourth-order valence-electron chi connectivity index (χ4n) is 3.35. The van der Waals surface area contributed by atoms with Crippen LogP contribution in [-0.2, 0) is 4.74 Å². The fourth-order valence-corrected chi connectivity index (χ4v) is 3.35. The number of amides is 1. The Morgan fingerprint density at radius 3 is 2.58 bits per heavy atom. The quantitative estimate of drug-likeness (QED) is 0.827. The molecule has 1 aromatic carbocycles. The highest BCUT2D eigenvalue weighted by Gasteiger charge is 2.22. The summed E-state index contributed by atoms with van der Waals surface area (Å²) >= 11 is 0. The van der Waals surface area contributed by atoms with Gasteiger partial charge in [0.15, 0.2) is 0 Å². The molecule has 1 aliphatic rings. The number of hydrogen-bond donors (Lipinski definition) is 1. The van der Waals surface area contributed by atoms with Gasteiger partial charge in [-0.25, -0.2) is 4.68 Å². The summed E-state index contributed by atoms with van der Waals surface area (Å²) in [5.41, 5.74) is 1.61. The van der Waals surface area contributed by atoms with Gasteiger partial charge < -0.3 is 10.1 Å². The van der Waals surface area contributed by atoms with Gasteiger partial charge in [-0.3, -0.25) is 9.69 Å². The molecule has 1 N–H and O–H groups in total. The number of benzene rings is 1. The van der Waals surface area contributed by atoms with Gasteiger partial charge in [0, 0.05) is 43.6 Å². The Morgan fingerprint density at radius 1 is 1.23 bits per heavy atom. The van der Waals surface area contributed by atoms with Crippen molar-refractivity contribution in [2.45, 2.75) is 26.3 Å². The van der Waals surface area contributed by atoms with E-state index in [0.717, 1.165) is 38.4 Å². The van der Waals surface area contributed by atoms with E-state index in [1.165, 1.54) is 0 Å². The van der Waals surface area contributed by atoms with Gasteiger partial charge >= 0.3 is 0 Å². The number of rotatable bonds is 7. The van der Waals surface area contributed by atoms with Crippen molar-refractivity contribution >= 4 is 5.91 Å².